The summed E-state index contributed by atoms with van der Waals surface area (Å²) in [7, 11) is 1.62. The standard InChI is InChI=1S/C12H16BrNO2/c1-9(13)7-14-8-12(15)10-3-5-11(16-2)6-4-10/h3-6,12,14-15H,1,7-8H2,2H3. The van der Waals surface area contributed by atoms with E-state index in [1.54, 1.807) is 7.11 Å². The van der Waals surface area contributed by atoms with Crippen molar-refractivity contribution in [2.24, 2.45) is 0 Å². The summed E-state index contributed by atoms with van der Waals surface area (Å²) in [4.78, 5) is 0. The lowest BCUT2D eigenvalue weighted by molar-refractivity contribution is 0.176. The second-order valence-electron chi connectivity index (χ2n) is 3.44. The number of hydrogen-bond donors (Lipinski definition) is 2. The van der Waals surface area contributed by atoms with Crippen LogP contribution in [0.2, 0.25) is 0 Å². The Morgan fingerprint density at radius 1 is 1.50 bits per heavy atom. The van der Waals surface area contributed by atoms with E-state index in [0.29, 0.717) is 13.1 Å². The monoisotopic (exact) mass is 285 g/mol. The van der Waals surface area contributed by atoms with Gasteiger partial charge >= 0.3 is 0 Å². The molecule has 0 saturated heterocycles. The fourth-order valence-electron chi connectivity index (χ4n) is 1.29. The molecule has 0 heterocycles. The van der Waals surface area contributed by atoms with Crippen molar-refractivity contribution in [3.63, 3.8) is 0 Å². The van der Waals surface area contributed by atoms with Gasteiger partial charge in [0.15, 0.2) is 0 Å². The van der Waals surface area contributed by atoms with Crippen LogP contribution in [0.4, 0.5) is 0 Å². The molecule has 1 unspecified atom stereocenters. The zero-order valence-corrected chi connectivity index (χ0v) is 10.8. The third-order valence-electron chi connectivity index (χ3n) is 2.16. The third-order valence-corrected chi connectivity index (χ3v) is 2.44. The Bertz CT molecular complexity index is 337. The van der Waals surface area contributed by atoms with E-state index in [4.69, 9.17) is 4.74 Å². The average Bonchev–Trinajstić information content (AvgIpc) is 2.28. The van der Waals surface area contributed by atoms with Crippen LogP contribution in [0.25, 0.3) is 0 Å². The maximum Gasteiger partial charge on any atom is 0.118 e. The summed E-state index contributed by atoms with van der Waals surface area (Å²) in [5.74, 6) is 0.790. The van der Waals surface area contributed by atoms with Crippen molar-refractivity contribution in [1.29, 1.82) is 0 Å². The number of rotatable bonds is 6. The molecule has 4 heteroatoms. The van der Waals surface area contributed by atoms with Crippen LogP contribution in [0.15, 0.2) is 35.3 Å². The molecule has 3 nitrogen and oxygen atoms in total. The lowest BCUT2D eigenvalue weighted by Gasteiger charge is -2.12. The smallest absolute Gasteiger partial charge is 0.118 e. The molecule has 1 aromatic rings. The molecular formula is C12H16BrNO2. The number of aliphatic hydroxyl groups excluding tert-OH is 1. The molecule has 1 atom stereocenters. The zero-order chi connectivity index (χ0) is 12.0. The van der Waals surface area contributed by atoms with Gasteiger partial charge in [0, 0.05) is 17.6 Å². The van der Waals surface area contributed by atoms with Gasteiger partial charge < -0.3 is 15.2 Å². The second kappa shape index (κ2) is 6.68. The van der Waals surface area contributed by atoms with Gasteiger partial charge in [0.2, 0.25) is 0 Å². The molecule has 88 valence electrons. The van der Waals surface area contributed by atoms with Crippen LogP contribution in [0, 0.1) is 0 Å². The van der Waals surface area contributed by atoms with Gasteiger partial charge in [0.05, 0.1) is 13.2 Å². The number of ether oxygens (including phenoxy) is 1. The van der Waals surface area contributed by atoms with Gasteiger partial charge in [-0.3, -0.25) is 0 Å². The highest BCUT2D eigenvalue weighted by Gasteiger charge is 2.06. The van der Waals surface area contributed by atoms with E-state index >= 15 is 0 Å². The van der Waals surface area contributed by atoms with Gasteiger partial charge in [-0.2, -0.15) is 0 Å². The van der Waals surface area contributed by atoms with E-state index in [1.807, 2.05) is 24.3 Å². The van der Waals surface area contributed by atoms with Gasteiger partial charge in [-0.05, 0) is 17.7 Å². The van der Waals surface area contributed by atoms with Crippen molar-refractivity contribution in [2.75, 3.05) is 20.2 Å². The molecule has 0 fully saturated rings. The number of halogens is 1. The fraction of sp³-hybridized carbons (Fsp3) is 0.333. The van der Waals surface area contributed by atoms with Crippen molar-refractivity contribution >= 4 is 15.9 Å². The first kappa shape index (κ1) is 13.2. The van der Waals surface area contributed by atoms with E-state index in [2.05, 4.69) is 27.8 Å². The minimum absolute atomic E-state index is 0.497. The Hall–Kier alpha value is -0.840. The van der Waals surface area contributed by atoms with E-state index < -0.39 is 6.10 Å². The SMILES string of the molecule is C=C(Br)CNCC(O)c1ccc(OC)cc1. The van der Waals surface area contributed by atoms with Gasteiger partial charge in [-0.1, -0.05) is 34.6 Å². The Morgan fingerprint density at radius 2 is 2.12 bits per heavy atom. The van der Waals surface area contributed by atoms with E-state index in [0.717, 1.165) is 15.8 Å². The Balaban J connectivity index is 2.45. The molecule has 1 aromatic carbocycles. The van der Waals surface area contributed by atoms with Crippen LogP contribution in [0.1, 0.15) is 11.7 Å². The number of hydrogen-bond acceptors (Lipinski definition) is 3. The van der Waals surface area contributed by atoms with Gasteiger partial charge in [-0.15, -0.1) is 0 Å². The summed E-state index contributed by atoms with van der Waals surface area (Å²) < 4.78 is 5.92. The first-order valence-corrected chi connectivity index (χ1v) is 5.79. The first-order chi connectivity index (χ1) is 7.63. The quantitative estimate of drug-likeness (QED) is 0.842. The maximum atomic E-state index is 9.85. The molecule has 0 saturated carbocycles. The predicted octanol–water partition coefficient (Wildman–Crippen LogP) is 2.23. The van der Waals surface area contributed by atoms with Crippen molar-refractivity contribution in [1.82, 2.24) is 5.32 Å². The molecule has 0 aliphatic heterocycles. The van der Waals surface area contributed by atoms with Crippen LogP contribution in [0.3, 0.4) is 0 Å². The molecule has 0 aliphatic rings. The molecule has 16 heavy (non-hydrogen) atoms. The van der Waals surface area contributed by atoms with E-state index in [1.165, 1.54) is 0 Å². The highest BCUT2D eigenvalue weighted by atomic mass is 79.9. The largest absolute Gasteiger partial charge is 0.497 e. The van der Waals surface area contributed by atoms with Crippen LogP contribution < -0.4 is 10.1 Å². The van der Waals surface area contributed by atoms with Crippen molar-refractivity contribution in [3.8, 4) is 5.75 Å². The maximum absolute atomic E-state index is 9.85. The summed E-state index contributed by atoms with van der Waals surface area (Å²) in [6, 6.07) is 7.38. The second-order valence-corrected chi connectivity index (χ2v) is 4.56. The lowest BCUT2D eigenvalue weighted by Crippen LogP contribution is -2.22. The predicted molar refractivity (Wildman–Crippen MR) is 68.9 cm³/mol. The van der Waals surface area contributed by atoms with Crippen molar-refractivity contribution in [2.45, 2.75) is 6.10 Å². The summed E-state index contributed by atoms with van der Waals surface area (Å²) >= 11 is 3.24. The van der Waals surface area contributed by atoms with Crippen LogP contribution in [-0.4, -0.2) is 25.3 Å². The van der Waals surface area contributed by atoms with Gasteiger partial charge in [0.25, 0.3) is 0 Å². The highest BCUT2D eigenvalue weighted by molar-refractivity contribution is 9.11. The third kappa shape index (κ3) is 4.35. The van der Waals surface area contributed by atoms with Gasteiger partial charge in [-0.25, -0.2) is 0 Å². The molecule has 0 bridgehead atoms. The van der Waals surface area contributed by atoms with Crippen molar-refractivity contribution in [3.05, 3.63) is 40.9 Å². The fourth-order valence-corrected chi connectivity index (χ4v) is 1.49. The Labute approximate surface area is 104 Å². The van der Waals surface area contributed by atoms with Gasteiger partial charge in [0.1, 0.15) is 5.75 Å². The number of methoxy groups -OCH3 is 1. The molecule has 0 radical (unpaired) electrons. The van der Waals surface area contributed by atoms with Crippen LogP contribution >= 0.6 is 15.9 Å². The molecular weight excluding hydrogens is 270 g/mol. The molecule has 1 rings (SSSR count). The summed E-state index contributed by atoms with van der Waals surface area (Å²) in [5.41, 5.74) is 0.869. The van der Waals surface area contributed by atoms with Crippen molar-refractivity contribution < 1.29 is 9.84 Å². The average molecular weight is 286 g/mol. The molecule has 2 N–H and O–H groups in total. The summed E-state index contributed by atoms with van der Waals surface area (Å²) in [6.07, 6.45) is -0.516. The highest BCUT2D eigenvalue weighted by Crippen LogP contribution is 2.16. The van der Waals surface area contributed by atoms with Crippen LogP contribution in [-0.2, 0) is 0 Å². The summed E-state index contributed by atoms with van der Waals surface area (Å²) in [6.45, 7) is 4.85. The topological polar surface area (TPSA) is 41.5 Å². The molecule has 0 spiro atoms. The normalized spacial score (nSPS) is 12.2. The first-order valence-electron chi connectivity index (χ1n) is 4.99. The summed E-state index contributed by atoms with van der Waals surface area (Å²) in [5, 5.41) is 12.9. The van der Waals surface area contributed by atoms with Crippen LogP contribution in [0.5, 0.6) is 5.75 Å². The van der Waals surface area contributed by atoms with E-state index in [-0.39, 0.29) is 0 Å². The number of aliphatic hydroxyl groups is 1. The lowest BCUT2D eigenvalue weighted by atomic mass is 10.1. The van der Waals surface area contributed by atoms with E-state index in [9.17, 15) is 5.11 Å². The molecule has 0 aliphatic carbocycles. The number of nitrogens with one attached hydrogen (secondary N) is 1. The minimum Gasteiger partial charge on any atom is -0.497 e. The number of benzene rings is 1. The molecule has 0 aromatic heterocycles. The zero-order valence-electron chi connectivity index (χ0n) is 9.24. The minimum atomic E-state index is -0.516. The Morgan fingerprint density at radius 3 is 2.62 bits per heavy atom. The Kier molecular flexibility index (Phi) is 5.52. The molecule has 0 amide bonds.